The monoisotopic (exact) mass is 366 g/mol. The molecule has 7 heteroatoms. The number of benzene rings is 2. The summed E-state index contributed by atoms with van der Waals surface area (Å²) in [7, 11) is 0. The summed E-state index contributed by atoms with van der Waals surface area (Å²) in [6.45, 7) is 2.56. The summed E-state index contributed by atoms with van der Waals surface area (Å²) in [5, 5.41) is 23.3. The van der Waals surface area contributed by atoms with Crippen LogP contribution in [-0.4, -0.2) is 23.8 Å². The number of nitro groups is 1. The van der Waals surface area contributed by atoms with E-state index in [1.807, 2.05) is 0 Å². The van der Waals surface area contributed by atoms with Crippen LogP contribution in [0.25, 0.3) is 6.08 Å². The molecule has 2 aliphatic heterocycles. The van der Waals surface area contributed by atoms with Gasteiger partial charge in [0.2, 0.25) is 5.78 Å². The average Bonchev–Trinajstić information content (AvgIpc) is 3.27. The Morgan fingerprint density at radius 3 is 2.70 bits per heavy atom. The lowest BCUT2D eigenvalue weighted by Gasteiger charge is -2.19. The lowest BCUT2D eigenvalue weighted by Crippen LogP contribution is -3.08. The number of nitro benzene ring substituents is 1. The Balaban J connectivity index is 1.67. The minimum absolute atomic E-state index is 0.0625. The van der Waals surface area contributed by atoms with Crippen LogP contribution in [0.2, 0.25) is 0 Å². The van der Waals surface area contributed by atoms with Crippen molar-refractivity contribution >= 4 is 17.5 Å². The van der Waals surface area contributed by atoms with Gasteiger partial charge in [-0.25, -0.2) is 0 Å². The van der Waals surface area contributed by atoms with Crippen molar-refractivity contribution < 1.29 is 24.5 Å². The Bertz CT molecular complexity index is 961. The van der Waals surface area contributed by atoms with Gasteiger partial charge in [-0.2, -0.15) is 0 Å². The number of hydrogen-bond acceptors (Lipinski definition) is 5. The maximum atomic E-state index is 12.7. The summed E-state index contributed by atoms with van der Waals surface area (Å²) in [6, 6.07) is 8.89. The number of nitrogens with zero attached hydrogens (tertiary/aromatic N) is 1. The molecular weight excluding hydrogens is 348 g/mol. The van der Waals surface area contributed by atoms with Gasteiger partial charge in [0.1, 0.15) is 12.3 Å². The summed E-state index contributed by atoms with van der Waals surface area (Å²) in [6.07, 6.45) is 3.75. The minimum atomic E-state index is -0.491. The molecule has 0 radical (unpaired) electrons. The first-order chi connectivity index (χ1) is 13.0. The molecule has 1 N–H and O–H groups in total. The van der Waals surface area contributed by atoms with E-state index >= 15 is 0 Å². The largest absolute Gasteiger partial charge is 0.872 e. The highest BCUT2D eigenvalue weighted by atomic mass is 16.6. The van der Waals surface area contributed by atoms with E-state index in [4.69, 9.17) is 4.74 Å². The van der Waals surface area contributed by atoms with Gasteiger partial charge in [-0.3, -0.25) is 14.9 Å². The summed E-state index contributed by atoms with van der Waals surface area (Å²) < 4.78 is 5.77. The predicted octanol–water partition coefficient (Wildman–Crippen LogP) is 1.46. The molecule has 0 bridgehead atoms. The maximum Gasteiger partial charge on any atom is 0.270 e. The van der Waals surface area contributed by atoms with Crippen molar-refractivity contribution in [1.29, 1.82) is 0 Å². The molecule has 0 unspecified atom stereocenters. The molecule has 1 saturated heterocycles. The lowest BCUT2D eigenvalue weighted by molar-refractivity contribution is -0.901. The molecule has 2 aromatic rings. The molecule has 0 aliphatic carbocycles. The van der Waals surface area contributed by atoms with Crippen molar-refractivity contribution in [2.45, 2.75) is 19.4 Å². The number of nitrogens with one attached hydrogen (secondary N) is 1. The third-order valence-corrected chi connectivity index (χ3v) is 5.01. The number of likely N-dealkylation sites (tertiary alicyclic amines) is 1. The van der Waals surface area contributed by atoms with Crippen LogP contribution in [0.4, 0.5) is 5.69 Å². The molecule has 2 aliphatic rings. The Morgan fingerprint density at radius 2 is 1.96 bits per heavy atom. The van der Waals surface area contributed by atoms with Crippen LogP contribution in [0, 0.1) is 10.1 Å². The third kappa shape index (κ3) is 3.29. The zero-order chi connectivity index (χ0) is 19.0. The number of ether oxygens (including phenoxy) is 1. The Morgan fingerprint density at radius 1 is 1.19 bits per heavy atom. The van der Waals surface area contributed by atoms with Crippen molar-refractivity contribution in [3.63, 3.8) is 0 Å². The summed E-state index contributed by atoms with van der Waals surface area (Å²) in [4.78, 5) is 24.4. The Hall–Kier alpha value is -3.19. The van der Waals surface area contributed by atoms with Gasteiger partial charge in [-0.1, -0.05) is 23.9 Å². The van der Waals surface area contributed by atoms with Gasteiger partial charge in [0.25, 0.3) is 5.69 Å². The lowest BCUT2D eigenvalue weighted by atomic mass is 10.0. The second-order valence-electron chi connectivity index (χ2n) is 6.84. The molecule has 1 fully saturated rings. The highest BCUT2D eigenvalue weighted by Crippen LogP contribution is 2.38. The van der Waals surface area contributed by atoms with Gasteiger partial charge < -0.3 is 14.7 Å². The summed E-state index contributed by atoms with van der Waals surface area (Å²) >= 11 is 0. The Kier molecular flexibility index (Phi) is 4.37. The number of Topliss-reactive ketones (excluding diaryl/α,β-unsaturated/α-hetero) is 1. The van der Waals surface area contributed by atoms with Crippen molar-refractivity contribution in [3.05, 3.63) is 69.0 Å². The standard InChI is InChI=1S/C20H18N2O5/c23-17-7-6-15-19(24)18(11-13-4-3-5-14(10-13)22(25)26)27-20(15)16(17)12-21-8-1-2-9-21/h3-7,10-11,23H,1-2,8-9,12H2. The van der Waals surface area contributed by atoms with Crippen LogP contribution < -0.4 is 14.7 Å². The van der Waals surface area contributed by atoms with Crippen LogP contribution in [-0.2, 0) is 6.54 Å². The van der Waals surface area contributed by atoms with Gasteiger partial charge in [-0.15, -0.1) is 0 Å². The molecule has 0 saturated carbocycles. The number of ketones is 1. The van der Waals surface area contributed by atoms with Crippen LogP contribution >= 0.6 is 0 Å². The fourth-order valence-corrected chi connectivity index (χ4v) is 3.64. The van der Waals surface area contributed by atoms with Crippen molar-refractivity contribution in [1.82, 2.24) is 0 Å². The molecular formula is C20H18N2O5. The normalized spacial score (nSPS) is 17.9. The number of non-ortho nitro benzene ring substituents is 1. The van der Waals surface area contributed by atoms with E-state index in [9.17, 15) is 20.0 Å². The van der Waals surface area contributed by atoms with Crippen molar-refractivity contribution in [2.75, 3.05) is 13.1 Å². The van der Waals surface area contributed by atoms with Gasteiger partial charge in [0, 0.05) is 30.5 Å². The van der Waals surface area contributed by atoms with E-state index in [0.717, 1.165) is 25.9 Å². The topological polar surface area (TPSA) is 96.9 Å². The number of rotatable bonds is 4. The second kappa shape index (κ2) is 6.85. The molecule has 7 nitrogen and oxygen atoms in total. The first kappa shape index (κ1) is 17.2. The fourth-order valence-electron chi connectivity index (χ4n) is 3.64. The minimum Gasteiger partial charge on any atom is -0.872 e. The zero-order valence-corrected chi connectivity index (χ0v) is 14.6. The molecule has 0 spiro atoms. The zero-order valence-electron chi connectivity index (χ0n) is 14.6. The molecule has 138 valence electrons. The number of quaternary nitrogens is 1. The van der Waals surface area contributed by atoms with E-state index in [0.29, 0.717) is 29.0 Å². The van der Waals surface area contributed by atoms with E-state index in [1.54, 1.807) is 12.1 Å². The molecule has 2 aromatic carbocycles. The van der Waals surface area contributed by atoms with Crippen LogP contribution in [0.1, 0.15) is 34.3 Å². The molecule has 4 rings (SSSR count). The van der Waals surface area contributed by atoms with E-state index in [1.165, 1.54) is 35.2 Å². The smallest absolute Gasteiger partial charge is 0.270 e. The quantitative estimate of drug-likeness (QED) is 0.502. The van der Waals surface area contributed by atoms with Crippen LogP contribution in [0.5, 0.6) is 11.5 Å². The van der Waals surface area contributed by atoms with E-state index in [2.05, 4.69) is 0 Å². The van der Waals surface area contributed by atoms with Crippen LogP contribution in [0.15, 0.2) is 42.2 Å². The predicted molar refractivity (Wildman–Crippen MR) is 95.6 cm³/mol. The first-order valence-electron chi connectivity index (χ1n) is 8.88. The molecule has 0 atom stereocenters. The number of carbonyl (C=O) groups is 1. The third-order valence-electron chi connectivity index (χ3n) is 5.01. The molecule has 0 amide bonds. The SMILES string of the molecule is O=C1C(=Cc2cccc([N+](=O)[O-])c2)Oc2c1ccc([O-])c2C[NH+]1CCCC1. The van der Waals surface area contributed by atoms with E-state index < -0.39 is 4.92 Å². The fraction of sp³-hybridized carbons (Fsp3) is 0.250. The van der Waals surface area contributed by atoms with Gasteiger partial charge >= 0.3 is 0 Å². The molecule has 2 heterocycles. The second-order valence-corrected chi connectivity index (χ2v) is 6.84. The van der Waals surface area contributed by atoms with Gasteiger partial charge in [-0.05, 0) is 17.7 Å². The number of fused-ring (bicyclic) bond motifs is 1. The maximum absolute atomic E-state index is 12.7. The van der Waals surface area contributed by atoms with Gasteiger partial charge in [0.05, 0.1) is 23.6 Å². The number of allylic oxidation sites excluding steroid dienone is 1. The van der Waals surface area contributed by atoms with Crippen LogP contribution in [0.3, 0.4) is 0 Å². The Labute approximate surface area is 155 Å². The highest BCUT2D eigenvalue weighted by molar-refractivity contribution is 6.15. The summed E-state index contributed by atoms with van der Waals surface area (Å²) in [5.74, 6) is -0.0240. The summed E-state index contributed by atoms with van der Waals surface area (Å²) in [5.41, 5.74) is 1.34. The van der Waals surface area contributed by atoms with Crippen molar-refractivity contribution in [3.8, 4) is 11.5 Å². The average molecular weight is 366 g/mol. The van der Waals surface area contributed by atoms with Gasteiger partial charge in [0.15, 0.2) is 5.76 Å². The molecule has 27 heavy (non-hydrogen) atoms. The van der Waals surface area contributed by atoms with E-state index in [-0.39, 0.29) is 23.0 Å². The molecule has 0 aromatic heterocycles. The van der Waals surface area contributed by atoms with Crippen molar-refractivity contribution in [2.24, 2.45) is 0 Å². The first-order valence-corrected chi connectivity index (χ1v) is 8.88. The number of hydrogen-bond donors (Lipinski definition) is 1. The highest BCUT2D eigenvalue weighted by Gasteiger charge is 2.31. The number of carbonyl (C=O) groups excluding carboxylic acids is 1.